The van der Waals surface area contributed by atoms with E-state index >= 15 is 0 Å². The van der Waals surface area contributed by atoms with Crippen LogP contribution < -0.4 is 10.1 Å². The smallest absolute Gasteiger partial charge is 0.245 e. The van der Waals surface area contributed by atoms with Crippen LogP contribution in [0.2, 0.25) is 0 Å². The zero-order valence-corrected chi connectivity index (χ0v) is 19.0. The molecule has 2 aliphatic rings. The Morgan fingerprint density at radius 3 is 2.67 bits per heavy atom. The minimum Gasteiger partial charge on any atom is -0.473 e. The van der Waals surface area contributed by atoms with Crippen LogP contribution in [0.1, 0.15) is 44.3 Å². The highest BCUT2D eigenvalue weighted by atomic mass is 16.5. The van der Waals surface area contributed by atoms with Gasteiger partial charge in [0, 0.05) is 44.7 Å². The number of ether oxygens (including phenoxy) is 2. The van der Waals surface area contributed by atoms with Crippen molar-refractivity contribution in [3.8, 4) is 5.88 Å². The highest BCUT2D eigenvalue weighted by molar-refractivity contribution is 5.81. The van der Waals surface area contributed by atoms with Crippen LogP contribution >= 0.6 is 0 Å². The number of aromatic nitrogens is 5. The highest BCUT2D eigenvalue weighted by Gasteiger charge is 2.23. The van der Waals surface area contributed by atoms with E-state index in [1.807, 2.05) is 34.8 Å². The van der Waals surface area contributed by atoms with Gasteiger partial charge in [0.1, 0.15) is 6.10 Å². The molecule has 0 spiro atoms. The molecule has 0 aromatic carbocycles. The Kier molecular flexibility index (Phi) is 6.08. The van der Waals surface area contributed by atoms with E-state index in [0.717, 1.165) is 55.7 Å². The Morgan fingerprint density at radius 2 is 1.91 bits per heavy atom. The van der Waals surface area contributed by atoms with Crippen molar-refractivity contribution in [2.45, 2.75) is 51.7 Å². The van der Waals surface area contributed by atoms with E-state index in [4.69, 9.17) is 9.47 Å². The number of likely N-dealkylation sites (tertiary alicyclic amines) is 1. The zero-order chi connectivity index (χ0) is 22.8. The van der Waals surface area contributed by atoms with Crippen molar-refractivity contribution in [2.24, 2.45) is 0 Å². The topological polar surface area (TPSA) is 107 Å². The second-order valence-electron chi connectivity index (χ2n) is 8.67. The van der Waals surface area contributed by atoms with Gasteiger partial charge >= 0.3 is 0 Å². The van der Waals surface area contributed by atoms with Crippen molar-refractivity contribution in [3.05, 3.63) is 30.2 Å². The number of amides is 1. The number of nitrogens with one attached hydrogen (secondary N) is 1. The Labute approximate surface area is 192 Å². The van der Waals surface area contributed by atoms with E-state index < -0.39 is 0 Å². The second kappa shape index (κ2) is 9.30. The fourth-order valence-corrected chi connectivity index (χ4v) is 4.35. The lowest BCUT2D eigenvalue weighted by atomic mass is 10.1. The summed E-state index contributed by atoms with van der Waals surface area (Å²) in [7, 11) is 0. The summed E-state index contributed by atoms with van der Waals surface area (Å²) in [6.45, 7) is 6.47. The summed E-state index contributed by atoms with van der Waals surface area (Å²) < 4.78 is 13.7. The normalized spacial score (nSPS) is 17.9. The van der Waals surface area contributed by atoms with Crippen molar-refractivity contribution in [2.75, 3.05) is 31.6 Å². The maximum Gasteiger partial charge on any atom is 0.245 e. The largest absolute Gasteiger partial charge is 0.473 e. The zero-order valence-electron chi connectivity index (χ0n) is 19.0. The van der Waals surface area contributed by atoms with Crippen LogP contribution in [0.15, 0.2) is 24.5 Å². The number of fused-ring (bicyclic) bond motifs is 1. The van der Waals surface area contributed by atoms with Crippen LogP contribution in [0.3, 0.4) is 0 Å². The SMILES string of the molecule is CC(=O)N1CCC(n2cc(Nc3nc(OC4CCOCC4)c4nc(C)ccc4n3)cn2)CC1. The first-order valence-electron chi connectivity index (χ1n) is 11.5. The van der Waals surface area contributed by atoms with Crippen molar-refractivity contribution in [1.29, 1.82) is 0 Å². The molecular weight excluding hydrogens is 422 g/mol. The van der Waals surface area contributed by atoms with Gasteiger partial charge in [-0.3, -0.25) is 9.48 Å². The van der Waals surface area contributed by atoms with Gasteiger partial charge in [-0.05, 0) is 31.9 Å². The van der Waals surface area contributed by atoms with E-state index in [0.29, 0.717) is 30.6 Å². The number of pyridine rings is 1. The van der Waals surface area contributed by atoms with E-state index in [9.17, 15) is 4.79 Å². The molecule has 5 rings (SSSR count). The van der Waals surface area contributed by atoms with Crippen LogP contribution in [0.5, 0.6) is 5.88 Å². The number of nitrogens with zero attached hydrogens (tertiary/aromatic N) is 6. The molecule has 10 heteroatoms. The third-order valence-electron chi connectivity index (χ3n) is 6.24. The molecule has 0 saturated carbocycles. The third-order valence-corrected chi connectivity index (χ3v) is 6.24. The molecule has 5 heterocycles. The molecule has 2 saturated heterocycles. The predicted octanol–water partition coefficient (Wildman–Crippen LogP) is 3.01. The minimum absolute atomic E-state index is 0.0515. The quantitative estimate of drug-likeness (QED) is 0.631. The number of hydrogen-bond acceptors (Lipinski definition) is 8. The molecule has 3 aromatic heterocycles. The Hall–Kier alpha value is -3.27. The average molecular weight is 452 g/mol. The molecule has 2 fully saturated rings. The Bertz CT molecular complexity index is 1130. The van der Waals surface area contributed by atoms with Crippen molar-refractivity contribution in [1.82, 2.24) is 29.6 Å². The molecule has 1 N–H and O–H groups in total. The first-order valence-corrected chi connectivity index (χ1v) is 11.5. The summed E-state index contributed by atoms with van der Waals surface area (Å²) in [5, 5.41) is 7.81. The molecule has 0 aliphatic carbocycles. The van der Waals surface area contributed by atoms with Gasteiger partial charge in [-0.2, -0.15) is 10.1 Å². The third kappa shape index (κ3) is 4.90. The van der Waals surface area contributed by atoms with Crippen LogP contribution in [-0.2, 0) is 9.53 Å². The first-order chi connectivity index (χ1) is 16.0. The molecule has 2 aliphatic heterocycles. The highest BCUT2D eigenvalue weighted by Crippen LogP contribution is 2.28. The van der Waals surface area contributed by atoms with Crippen LogP contribution in [0, 0.1) is 6.92 Å². The van der Waals surface area contributed by atoms with Crippen molar-refractivity contribution < 1.29 is 14.3 Å². The lowest BCUT2D eigenvalue weighted by molar-refractivity contribution is -0.130. The number of anilines is 2. The lowest BCUT2D eigenvalue weighted by Crippen LogP contribution is -2.37. The van der Waals surface area contributed by atoms with Gasteiger partial charge in [-0.15, -0.1) is 0 Å². The van der Waals surface area contributed by atoms with Crippen LogP contribution in [0.25, 0.3) is 11.0 Å². The summed E-state index contributed by atoms with van der Waals surface area (Å²) in [6, 6.07) is 4.14. The lowest BCUT2D eigenvalue weighted by Gasteiger charge is -2.31. The molecule has 0 unspecified atom stereocenters. The molecule has 174 valence electrons. The number of piperidine rings is 1. The van der Waals surface area contributed by atoms with Crippen LogP contribution in [0.4, 0.5) is 11.6 Å². The van der Waals surface area contributed by atoms with Crippen molar-refractivity contribution in [3.63, 3.8) is 0 Å². The van der Waals surface area contributed by atoms with Gasteiger partial charge in [-0.1, -0.05) is 0 Å². The van der Waals surface area contributed by atoms with Crippen LogP contribution in [-0.4, -0.2) is 67.9 Å². The van der Waals surface area contributed by atoms with E-state index in [1.54, 1.807) is 13.1 Å². The number of carbonyl (C=O) groups excluding carboxylic acids is 1. The Morgan fingerprint density at radius 1 is 1.12 bits per heavy atom. The number of carbonyl (C=O) groups is 1. The monoisotopic (exact) mass is 451 g/mol. The number of rotatable bonds is 5. The van der Waals surface area contributed by atoms with Gasteiger partial charge < -0.3 is 19.7 Å². The van der Waals surface area contributed by atoms with Gasteiger partial charge in [0.15, 0.2) is 5.52 Å². The molecular formula is C23H29N7O3. The second-order valence-corrected chi connectivity index (χ2v) is 8.67. The molecule has 0 bridgehead atoms. The van der Waals surface area contributed by atoms with Gasteiger partial charge in [0.25, 0.3) is 0 Å². The molecule has 0 atom stereocenters. The molecule has 10 nitrogen and oxygen atoms in total. The maximum atomic E-state index is 11.6. The fourth-order valence-electron chi connectivity index (χ4n) is 4.35. The van der Waals surface area contributed by atoms with E-state index in [2.05, 4.69) is 25.4 Å². The molecule has 33 heavy (non-hydrogen) atoms. The standard InChI is InChI=1S/C23H29N7O3/c1-15-3-4-20-21(25-15)22(33-19-7-11-32-12-8-19)28-23(27-20)26-17-13-24-30(14-17)18-5-9-29(10-6-18)16(2)31/h3-4,13-14,18-19H,5-12H2,1-2H3,(H,26,27,28). The fraction of sp³-hybridized carbons (Fsp3) is 0.522. The van der Waals surface area contributed by atoms with E-state index in [1.165, 1.54) is 0 Å². The summed E-state index contributed by atoms with van der Waals surface area (Å²) >= 11 is 0. The van der Waals surface area contributed by atoms with E-state index in [-0.39, 0.29) is 18.1 Å². The number of aryl methyl sites for hydroxylation is 1. The average Bonchev–Trinajstić information content (AvgIpc) is 3.29. The Balaban J connectivity index is 1.35. The maximum absolute atomic E-state index is 11.6. The summed E-state index contributed by atoms with van der Waals surface area (Å²) in [4.78, 5) is 27.4. The number of hydrogen-bond donors (Lipinski definition) is 1. The van der Waals surface area contributed by atoms with Gasteiger partial charge in [-0.25, -0.2) is 9.97 Å². The molecule has 0 radical (unpaired) electrons. The predicted molar refractivity (Wildman–Crippen MR) is 123 cm³/mol. The van der Waals surface area contributed by atoms with Gasteiger partial charge in [0.05, 0.1) is 36.7 Å². The van der Waals surface area contributed by atoms with Gasteiger partial charge in [0.2, 0.25) is 17.7 Å². The molecule has 1 amide bonds. The first kappa shape index (κ1) is 21.6. The summed E-state index contributed by atoms with van der Waals surface area (Å²) in [5.74, 6) is 1.07. The molecule has 3 aromatic rings. The summed E-state index contributed by atoms with van der Waals surface area (Å²) in [6.07, 6.45) is 7.23. The summed E-state index contributed by atoms with van der Waals surface area (Å²) in [5.41, 5.74) is 3.09. The minimum atomic E-state index is 0.0515. The van der Waals surface area contributed by atoms with Crippen molar-refractivity contribution >= 4 is 28.6 Å².